The summed E-state index contributed by atoms with van der Waals surface area (Å²) in [5, 5.41) is 44.1. The van der Waals surface area contributed by atoms with Gasteiger partial charge in [-0.3, -0.25) is 4.79 Å². The van der Waals surface area contributed by atoms with Gasteiger partial charge in [0, 0.05) is 0 Å². The summed E-state index contributed by atoms with van der Waals surface area (Å²) in [5.74, 6) is -0.574. The molecular weight excluding hydrogens is 827 g/mol. The van der Waals surface area contributed by atoms with Gasteiger partial charge in [0.05, 0.1) is 18.8 Å². The molecule has 0 radical (unpaired) electrons. The minimum atomic E-state index is -1.26. The smallest absolute Gasteiger partial charge is 0.249 e. The average molecular weight is 951 g/mol. The van der Waals surface area contributed by atoms with E-state index in [9.17, 15) is 25.2 Å². The molecule has 4 atom stereocenters. The first kappa shape index (κ1) is 66.3. The molecule has 0 bridgehead atoms. The first-order valence-electron chi connectivity index (χ1n) is 30.9. The summed E-state index contributed by atoms with van der Waals surface area (Å²) < 4.78 is 0. The first-order chi connectivity index (χ1) is 33.0. The van der Waals surface area contributed by atoms with Crippen LogP contribution in [0.15, 0.2) is 0 Å². The van der Waals surface area contributed by atoms with Crippen LogP contribution in [0.5, 0.6) is 0 Å². The monoisotopic (exact) mass is 950 g/mol. The van der Waals surface area contributed by atoms with Gasteiger partial charge in [0.2, 0.25) is 5.91 Å². The molecule has 4 unspecified atom stereocenters. The van der Waals surface area contributed by atoms with Crippen LogP contribution < -0.4 is 5.32 Å². The van der Waals surface area contributed by atoms with Gasteiger partial charge in [-0.25, -0.2) is 0 Å². The second kappa shape index (κ2) is 56.2. The fourth-order valence-corrected chi connectivity index (χ4v) is 10.2. The quantitative estimate of drug-likeness (QED) is 0.0390. The van der Waals surface area contributed by atoms with Crippen LogP contribution in [-0.2, 0) is 4.79 Å². The van der Waals surface area contributed by atoms with Gasteiger partial charge < -0.3 is 25.7 Å². The zero-order chi connectivity index (χ0) is 48.8. The average Bonchev–Trinajstić information content (AvgIpc) is 3.33. The molecule has 6 nitrogen and oxygen atoms in total. The fourth-order valence-electron chi connectivity index (χ4n) is 10.2. The lowest BCUT2D eigenvalue weighted by molar-refractivity contribution is -0.132. The zero-order valence-corrected chi connectivity index (χ0v) is 45.7. The normalized spacial score (nSPS) is 13.6. The van der Waals surface area contributed by atoms with E-state index in [-0.39, 0.29) is 0 Å². The topological polar surface area (TPSA) is 110 Å². The van der Waals surface area contributed by atoms with Crippen LogP contribution in [0, 0.1) is 0 Å². The van der Waals surface area contributed by atoms with Crippen LogP contribution in [0.3, 0.4) is 0 Å². The Bertz CT molecular complexity index is 933. The maximum absolute atomic E-state index is 12.6. The van der Waals surface area contributed by atoms with E-state index in [0.717, 1.165) is 38.5 Å². The Balaban J connectivity index is 3.55. The van der Waals surface area contributed by atoms with Gasteiger partial charge in [-0.15, -0.1) is 0 Å². The van der Waals surface area contributed by atoms with Crippen molar-refractivity contribution < 1.29 is 25.2 Å². The molecule has 5 N–H and O–H groups in total. The number of nitrogens with one attached hydrogen (secondary N) is 1. The van der Waals surface area contributed by atoms with Crippen molar-refractivity contribution >= 4 is 5.91 Å². The number of aliphatic hydroxyl groups is 4. The Kier molecular flexibility index (Phi) is 55.6. The molecule has 0 aliphatic rings. The van der Waals surface area contributed by atoms with E-state index in [1.807, 2.05) is 0 Å². The second-order valence-corrected chi connectivity index (χ2v) is 21.8. The van der Waals surface area contributed by atoms with Crippen molar-refractivity contribution in [2.24, 2.45) is 0 Å². The lowest BCUT2D eigenvalue weighted by Gasteiger charge is -2.27. The third kappa shape index (κ3) is 50.1. The molecule has 0 aromatic rings. The summed E-state index contributed by atoms with van der Waals surface area (Å²) in [5.41, 5.74) is 0. The summed E-state index contributed by atoms with van der Waals surface area (Å²) in [7, 11) is 0. The van der Waals surface area contributed by atoms with Crippen LogP contribution in [0.2, 0.25) is 0 Å². The number of hydrogen-bond acceptors (Lipinski definition) is 5. The van der Waals surface area contributed by atoms with E-state index < -0.39 is 36.9 Å². The Labute approximate surface area is 420 Å². The number of hydrogen-bond donors (Lipinski definition) is 5. The van der Waals surface area contributed by atoms with Gasteiger partial charge in [-0.05, 0) is 12.8 Å². The summed E-state index contributed by atoms with van der Waals surface area (Å²) in [6, 6.07) is -0.981. The van der Waals surface area contributed by atoms with Gasteiger partial charge in [0.15, 0.2) is 0 Å². The second-order valence-electron chi connectivity index (χ2n) is 21.8. The largest absolute Gasteiger partial charge is 0.394 e. The Hall–Kier alpha value is -0.690. The third-order valence-electron chi connectivity index (χ3n) is 15.1. The molecule has 402 valence electrons. The molecule has 1 amide bonds. The minimum Gasteiger partial charge on any atom is -0.394 e. The van der Waals surface area contributed by atoms with E-state index in [4.69, 9.17) is 0 Å². The number of unbranched alkanes of at least 4 members (excludes halogenated alkanes) is 49. The van der Waals surface area contributed by atoms with Crippen molar-refractivity contribution in [1.82, 2.24) is 5.32 Å². The van der Waals surface area contributed by atoms with E-state index in [0.29, 0.717) is 12.8 Å². The number of amides is 1. The molecular formula is C61H123NO5. The molecule has 6 heteroatoms. The predicted molar refractivity (Wildman–Crippen MR) is 293 cm³/mol. The van der Waals surface area contributed by atoms with Crippen LogP contribution in [0.25, 0.3) is 0 Å². The van der Waals surface area contributed by atoms with Gasteiger partial charge in [-0.2, -0.15) is 0 Å². The van der Waals surface area contributed by atoms with Crippen LogP contribution in [0.1, 0.15) is 354 Å². The van der Waals surface area contributed by atoms with E-state index in [1.165, 1.54) is 289 Å². The molecule has 0 saturated carbocycles. The van der Waals surface area contributed by atoms with E-state index >= 15 is 0 Å². The predicted octanol–water partition coefficient (Wildman–Crippen LogP) is 18.3. The molecule has 0 aliphatic carbocycles. The lowest BCUT2D eigenvalue weighted by Crippen LogP contribution is -2.53. The molecule has 0 fully saturated rings. The molecule has 0 heterocycles. The fraction of sp³-hybridized carbons (Fsp3) is 0.984. The molecule has 0 aliphatic heterocycles. The SMILES string of the molecule is CCCCCCCCCCCCCCCCCCCCCCCCCCCCC(O)C(=O)NC(CO)C(O)C(O)CCCCCCCCCCCCCCCCCCCCCCCCCCC. The molecule has 67 heavy (non-hydrogen) atoms. The maximum atomic E-state index is 12.6. The first-order valence-corrected chi connectivity index (χ1v) is 30.9. The minimum absolute atomic E-state index is 0.377. The van der Waals surface area contributed by atoms with Crippen molar-refractivity contribution in [3.8, 4) is 0 Å². The Morgan fingerprint density at radius 2 is 0.507 bits per heavy atom. The van der Waals surface area contributed by atoms with Gasteiger partial charge >= 0.3 is 0 Å². The number of carbonyl (C=O) groups is 1. The molecule has 0 saturated heterocycles. The highest BCUT2D eigenvalue weighted by Gasteiger charge is 2.28. The number of carbonyl (C=O) groups excluding carboxylic acids is 1. The maximum Gasteiger partial charge on any atom is 0.249 e. The highest BCUT2D eigenvalue weighted by atomic mass is 16.3. The Morgan fingerprint density at radius 1 is 0.313 bits per heavy atom. The Morgan fingerprint density at radius 3 is 0.716 bits per heavy atom. The van der Waals surface area contributed by atoms with E-state index in [1.54, 1.807) is 0 Å². The summed E-state index contributed by atoms with van der Waals surface area (Å²) in [6.45, 7) is 4.11. The third-order valence-corrected chi connectivity index (χ3v) is 15.1. The molecule has 0 spiro atoms. The van der Waals surface area contributed by atoms with Gasteiger partial charge in [0.1, 0.15) is 12.2 Å². The zero-order valence-electron chi connectivity index (χ0n) is 45.7. The summed E-state index contributed by atoms with van der Waals surface area (Å²) in [6.07, 6.45) is 66.2. The highest BCUT2D eigenvalue weighted by Crippen LogP contribution is 2.19. The van der Waals surface area contributed by atoms with E-state index in [2.05, 4.69) is 19.2 Å². The lowest BCUT2D eigenvalue weighted by atomic mass is 9.99. The number of aliphatic hydroxyl groups excluding tert-OH is 4. The molecule has 0 aromatic heterocycles. The van der Waals surface area contributed by atoms with Crippen molar-refractivity contribution in [3.63, 3.8) is 0 Å². The molecule has 0 aromatic carbocycles. The molecule has 0 rings (SSSR count). The van der Waals surface area contributed by atoms with Crippen molar-refractivity contribution in [2.45, 2.75) is 379 Å². The standard InChI is InChI=1S/C61H123NO5/c1-3-5-7-9-11-13-15-17-19-21-23-25-27-29-31-33-35-37-39-41-43-45-47-49-51-53-55-59(65)61(67)62-57(56-63)60(66)58(64)54-52-50-48-46-44-42-40-38-36-34-32-30-28-26-24-22-20-18-16-14-12-10-8-6-4-2/h57-60,63-66H,3-56H2,1-2H3,(H,62,67). The summed E-state index contributed by atoms with van der Waals surface area (Å²) in [4.78, 5) is 12.6. The van der Waals surface area contributed by atoms with Gasteiger partial charge in [-0.1, -0.05) is 341 Å². The van der Waals surface area contributed by atoms with Crippen LogP contribution >= 0.6 is 0 Å². The van der Waals surface area contributed by atoms with Crippen LogP contribution in [0.4, 0.5) is 0 Å². The van der Waals surface area contributed by atoms with Crippen molar-refractivity contribution in [3.05, 3.63) is 0 Å². The summed E-state index contributed by atoms with van der Waals surface area (Å²) >= 11 is 0. The van der Waals surface area contributed by atoms with Gasteiger partial charge in [0.25, 0.3) is 0 Å². The van der Waals surface area contributed by atoms with Crippen molar-refractivity contribution in [1.29, 1.82) is 0 Å². The van der Waals surface area contributed by atoms with Crippen molar-refractivity contribution in [2.75, 3.05) is 6.61 Å². The number of rotatable bonds is 58. The highest BCUT2D eigenvalue weighted by molar-refractivity contribution is 5.80. The van der Waals surface area contributed by atoms with Crippen LogP contribution in [-0.4, -0.2) is 57.3 Å².